The van der Waals surface area contributed by atoms with Crippen molar-refractivity contribution >= 4 is 23.4 Å². The highest BCUT2D eigenvalue weighted by atomic mass is 16.6. The summed E-state index contributed by atoms with van der Waals surface area (Å²) in [6.45, 7) is 9.39. The highest BCUT2D eigenvalue weighted by Gasteiger charge is 2.31. The first kappa shape index (κ1) is 18.9. The third kappa shape index (κ3) is 4.55. The van der Waals surface area contributed by atoms with Crippen molar-refractivity contribution in [2.75, 3.05) is 37.4 Å². The summed E-state index contributed by atoms with van der Waals surface area (Å²) < 4.78 is 10.2. The van der Waals surface area contributed by atoms with Gasteiger partial charge in [0.2, 0.25) is 0 Å². The Bertz CT molecular complexity index is 654. The first-order valence-corrected chi connectivity index (χ1v) is 8.35. The van der Waals surface area contributed by atoms with Crippen LogP contribution in [-0.2, 0) is 9.47 Å². The molecule has 1 heterocycles. The SMILES string of the molecule is COC(=O)c1cc(N2CCN(C(=O)OC(C)(C)C)C(C)C2)ccc1N. The van der Waals surface area contributed by atoms with Gasteiger partial charge < -0.3 is 25.0 Å². The summed E-state index contributed by atoms with van der Waals surface area (Å²) in [6, 6.07) is 5.30. The lowest BCUT2D eigenvalue weighted by Crippen LogP contribution is -2.55. The van der Waals surface area contributed by atoms with Crippen LogP contribution in [0.15, 0.2) is 18.2 Å². The van der Waals surface area contributed by atoms with Crippen molar-refractivity contribution in [3.05, 3.63) is 23.8 Å². The zero-order chi connectivity index (χ0) is 18.8. The summed E-state index contributed by atoms with van der Waals surface area (Å²) in [5, 5.41) is 0. The normalized spacial score (nSPS) is 18.0. The standard InChI is InChI=1S/C18H27N3O4/c1-12-11-20(8-9-21(12)17(23)25-18(2,3)4)13-6-7-15(19)14(10-13)16(22)24-5/h6-7,10,12H,8-9,11,19H2,1-5H3. The van der Waals surface area contributed by atoms with Gasteiger partial charge in [0.1, 0.15) is 5.60 Å². The minimum atomic E-state index is -0.514. The number of esters is 1. The Morgan fingerprint density at radius 1 is 1.24 bits per heavy atom. The van der Waals surface area contributed by atoms with Crippen molar-refractivity contribution in [1.82, 2.24) is 4.90 Å². The van der Waals surface area contributed by atoms with Crippen molar-refractivity contribution in [1.29, 1.82) is 0 Å². The average Bonchev–Trinajstić information content (AvgIpc) is 2.52. The molecule has 1 fully saturated rings. The van der Waals surface area contributed by atoms with E-state index in [4.69, 9.17) is 15.2 Å². The van der Waals surface area contributed by atoms with Crippen LogP contribution in [0.2, 0.25) is 0 Å². The molecule has 138 valence electrons. The molecule has 0 bridgehead atoms. The molecule has 0 aliphatic carbocycles. The molecule has 2 N–H and O–H groups in total. The molecule has 0 spiro atoms. The Morgan fingerprint density at radius 3 is 2.48 bits per heavy atom. The number of hydrogen-bond donors (Lipinski definition) is 1. The van der Waals surface area contributed by atoms with E-state index < -0.39 is 11.6 Å². The average molecular weight is 349 g/mol. The fourth-order valence-electron chi connectivity index (χ4n) is 2.81. The van der Waals surface area contributed by atoms with Gasteiger partial charge in [-0.15, -0.1) is 0 Å². The molecule has 7 nitrogen and oxygen atoms in total. The number of nitrogens with zero attached hydrogens (tertiary/aromatic N) is 2. The highest BCUT2D eigenvalue weighted by Crippen LogP contribution is 2.25. The molecule has 0 saturated carbocycles. The van der Waals surface area contributed by atoms with Crippen LogP contribution in [0.4, 0.5) is 16.2 Å². The van der Waals surface area contributed by atoms with Crippen LogP contribution < -0.4 is 10.6 Å². The zero-order valence-corrected chi connectivity index (χ0v) is 15.5. The van der Waals surface area contributed by atoms with Crippen LogP contribution in [0.1, 0.15) is 38.1 Å². The van der Waals surface area contributed by atoms with Gasteiger partial charge in [-0.1, -0.05) is 0 Å². The number of hydrogen-bond acceptors (Lipinski definition) is 6. The van der Waals surface area contributed by atoms with Gasteiger partial charge in [-0.3, -0.25) is 0 Å². The van der Waals surface area contributed by atoms with Crippen LogP contribution in [0, 0.1) is 0 Å². The third-order valence-corrected chi connectivity index (χ3v) is 4.06. The molecule has 1 aromatic rings. The summed E-state index contributed by atoms with van der Waals surface area (Å²) in [5.41, 5.74) is 6.96. The monoisotopic (exact) mass is 349 g/mol. The Kier molecular flexibility index (Phi) is 5.45. The Balaban J connectivity index is 2.10. The van der Waals surface area contributed by atoms with E-state index >= 15 is 0 Å². The number of amides is 1. The first-order valence-electron chi connectivity index (χ1n) is 8.35. The molecule has 0 aromatic heterocycles. The lowest BCUT2D eigenvalue weighted by Gasteiger charge is -2.41. The van der Waals surface area contributed by atoms with E-state index in [-0.39, 0.29) is 12.1 Å². The summed E-state index contributed by atoms with van der Waals surface area (Å²) in [7, 11) is 1.33. The molecule has 1 atom stereocenters. The van der Waals surface area contributed by atoms with Gasteiger partial charge >= 0.3 is 12.1 Å². The quantitative estimate of drug-likeness (QED) is 0.652. The maximum absolute atomic E-state index is 12.3. The molecule has 1 saturated heterocycles. The van der Waals surface area contributed by atoms with Crippen LogP contribution in [0.25, 0.3) is 0 Å². The van der Waals surface area contributed by atoms with E-state index in [2.05, 4.69) is 4.90 Å². The van der Waals surface area contributed by atoms with E-state index in [9.17, 15) is 9.59 Å². The lowest BCUT2D eigenvalue weighted by atomic mass is 10.1. The van der Waals surface area contributed by atoms with E-state index in [1.807, 2.05) is 33.8 Å². The maximum atomic E-state index is 12.3. The number of nitrogen functional groups attached to an aromatic ring is 1. The van der Waals surface area contributed by atoms with Gasteiger partial charge in [0.25, 0.3) is 0 Å². The molecule has 2 rings (SSSR count). The minimum absolute atomic E-state index is 0.0114. The predicted molar refractivity (Wildman–Crippen MR) is 96.8 cm³/mol. The molecular formula is C18H27N3O4. The second kappa shape index (κ2) is 7.21. The second-order valence-corrected chi connectivity index (χ2v) is 7.23. The van der Waals surface area contributed by atoms with Crippen molar-refractivity contribution in [2.24, 2.45) is 0 Å². The second-order valence-electron chi connectivity index (χ2n) is 7.23. The molecule has 0 radical (unpaired) electrons. The van der Waals surface area contributed by atoms with E-state index in [0.717, 1.165) is 5.69 Å². The van der Waals surface area contributed by atoms with E-state index in [1.54, 1.807) is 17.0 Å². The summed E-state index contributed by atoms with van der Waals surface area (Å²) in [6.07, 6.45) is -0.299. The largest absolute Gasteiger partial charge is 0.465 e. The van der Waals surface area contributed by atoms with Crippen LogP contribution >= 0.6 is 0 Å². The van der Waals surface area contributed by atoms with Crippen LogP contribution in [0.5, 0.6) is 0 Å². The molecule has 25 heavy (non-hydrogen) atoms. The number of ether oxygens (including phenoxy) is 2. The Labute approximate surface area is 148 Å². The fraction of sp³-hybridized carbons (Fsp3) is 0.556. The van der Waals surface area contributed by atoms with Gasteiger partial charge in [-0.25, -0.2) is 9.59 Å². The molecule has 1 aromatic carbocycles. The Hall–Kier alpha value is -2.44. The van der Waals surface area contributed by atoms with Crippen molar-refractivity contribution in [3.63, 3.8) is 0 Å². The molecule has 1 aliphatic heterocycles. The summed E-state index contributed by atoms with van der Waals surface area (Å²) in [4.78, 5) is 28.0. The van der Waals surface area contributed by atoms with E-state index in [1.165, 1.54) is 7.11 Å². The number of benzene rings is 1. The first-order chi connectivity index (χ1) is 11.6. The number of nitrogens with two attached hydrogens (primary N) is 1. The van der Waals surface area contributed by atoms with Gasteiger partial charge in [0.05, 0.1) is 12.7 Å². The Morgan fingerprint density at radius 2 is 1.92 bits per heavy atom. The van der Waals surface area contributed by atoms with Crippen LogP contribution in [-0.4, -0.2) is 55.3 Å². The number of methoxy groups -OCH3 is 1. The molecule has 1 amide bonds. The smallest absolute Gasteiger partial charge is 0.410 e. The lowest BCUT2D eigenvalue weighted by molar-refractivity contribution is 0.0159. The minimum Gasteiger partial charge on any atom is -0.465 e. The maximum Gasteiger partial charge on any atom is 0.410 e. The van der Waals surface area contributed by atoms with Gasteiger partial charge in [0, 0.05) is 37.1 Å². The predicted octanol–water partition coefficient (Wildman–Crippen LogP) is 2.50. The molecule has 1 aliphatic rings. The number of rotatable bonds is 2. The number of carbonyl (C=O) groups is 2. The summed E-state index contributed by atoms with van der Waals surface area (Å²) >= 11 is 0. The van der Waals surface area contributed by atoms with Crippen molar-refractivity contribution in [2.45, 2.75) is 39.3 Å². The number of carbonyl (C=O) groups excluding carboxylic acids is 2. The van der Waals surface area contributed by atoms with E-state index in [0.29, 0.717) is 30.9 Å². The van der Waals surface area contributed by atoms with Crippen LogP contribution in [0.3, 0.4) is 0 Å². The molecule has 7 heteroatoms. The number of piperazine rings is 1. The van der Waals surface area contributed by atoms with Crippen molar-refractivity contribution < 1.29 is 19.1 Å². The third-order valence-electron chi connectivity index (χ3n) is 4.06. The molecular weight excluding hydrogens is 322 g/mol. The van der Waals surface area contributed by atoms with Gasteiger partial charge in [0.15, 0.2) is 0 Å². The zero-order valence-electron chi connectivity index (χ0n) is 15.5. The fourth-order valence-corrected chi connectivity index (χ4v) is 2.81. The molecule has 1 unspecified atom stereocenters. The van der Waals surface area contributed by atoms with Gasteiger partial charge in [-0.2, -0.15) is 0 Å². The summed E-state index contributed by atoms with van der Waals surface area (Å²) in [5.74, 6) is -0.459. The highest BCUT2D eigenvalue weighted by molar-refractivity contribution is 5.96. The van der Waals surface area contributed by atoms with Crippen molar-refractivity contribution in [3.8, 4) is 0 Å². The number of anilines is 2. The van der Waals surface area contributed by atoms with Gasteiger partial charge in [-0.05, 0) is 45.9 Å². The topological polar surface area (TPSA) is 85.1 Å².